The van der Waals surface area contributed by atoms with Crippen LogP contribution in [0.2, 0.25) is 5.02 Å². The minimum atomic E-state index is -4.73. The number of aliphatic hydroxyl groups is 1. The molecule has 1 aliphatic rings. The molecule has 10 heteroatoms. The molecule has 0 aliphatic heterocycles. The van der Waals surface area contributed by atoms with E-state index in [9.17, 15) is 26.0 Å². The molecule has 0 spiro atoms. The van der Waals surface area contributed by atoms with Crippen molar-refractivity contribution in [1.29, 1.82) is 0 Å². The summed E-state index contributed by atoms with van der Waals surface area (Å²) in [5, 5.41) is 8.48. The molecule has 4 nitrogen and oxygen atoms in total. The lowest BCUT2D eigenvalue weighted by Crippen LogP contribution is -2.47. The van der Waals surface area contributed by atoms with Gasteiger partial charge in [0.05, 0.1) is 16.5 Å². The van der Waals surface area contributed by atoms with E-state index in [0.717, 1.165) is 6.07 Å². The summed E-state index contributed by atoms with van der Waals surface area (Å²) in [7, 11) is -4.59. The number of alkyl halides is 3. The highest BCUT2D eigenvalue weighted by Gasteiger charge is 2.65. The van der Waals surface area contributed by atoms with Crippen molar-refractivity contribution in [3.8, 4) is 0 Å². The van der Waals surface area contributed by atoms with Crippen LogP contribution in [-0.2, 0) is 16.6 Å². The van der Waals surface area contributed by atoms with Gasteiger partial charge in [0.25, 0.3) is 0 Å². The van der Waals surface area contributed by atoms with Gasteiger partial charge in [-0.25, -0.2) is 12.8 Å². The first-order valence-corrected chi connectivity index (χ1v) is 7.58. The predicted molar refractivity (Wildman–Crippen MR) is 65.7 cm³/mol. The highest BCUT2D eigenvalue weighted by Crippen LogP contribution is 2.49. The number of aliphatic hydroxyl groups excluding tert-OH is 1. The van der Waals surface area contributed by atoms with Gasteiger partial charge in [-0.15, -0.1) is 0 Å². The monoisotopic (exact) mass is 347 g/mol. The lowest BCUT2D eigenvalue weighted by Gasteiger charge is -2.21. The smallest absolute Gasteiger partial charge is 0.392 e. The summed E-state index contributed by atoms with van der Waals surface area (Å²) in [6, 6.07) is 1.34. The molecular weight excluding hydrogens is 338 g/mol. The molecule has 1 aromatic carbocycles. The molecule has 0 radical (unpaired) electrons. The summed E-state index contributed by atoms with van der Waals surface area (Å²) in [5.41, 5.74) is -2.73. The summed E-state index contributed by atoms with van der Waals surface area (Å²) >= 11 is 5.50. The Bertz CT molecular complexity index is 671. The van der Waals surface area contributed by atoms with Crippen LogP contribution in [0.1, 0.15) is 18.4 Å². The normalized spacial score (nSPS) is 17.8. The Morgan fingerprint density at radius 1 is 1.33 bits per heavy atom. The average molecular weight is 348 g/mol. The minimum Gasteiger partial charge on any atom is -0.392 e. The van der Waals surface area contributed by atoms with Crippen LogP contribution in [-0.4, -0.2) is 25.2 Å². The van der Waals surface area contributed by atoms with Crippen LogP contribution in [0.15, 0.2) is 17.0 Å². The molecule has 0 bridgehead atoms. The molecule has 0 unspecified atom stereocenters. The Kier molecular flexibility index (Phi) is 3.98. The molecule has 21 heavy (non-hydrogen) atoms. The third-order valence-electron chi connectivity index (χ3n) is 3.18. The van der Waals surface area contributed by atoms with Gasteiger partial charge in [0.2, 0.25) is 10.0 Å². The Morgan fingerprint density at radius 3 is 2.33 bits per heavy atom. The second-order valence-electron chi connectivity index (χ2n) is 4.72. The second kappa shape index (κ2) is 5.08. The van der Waals surface area contributed by atoms with Crippen molar-refractivity contribution < 1.29 is 31.1 Å². The minimum absolute atomic E-state index is 0.228. The fourth-order valence-corrected chi connectivity index (χ4v) is 3.45. The zero-order valence-corrected chi connectivity index (χ0v) is 11.9. The van der Waals surface area contributed by atoms with Crippen molar-refractivity contribution in [2.24, 2.45) is 0 Å². The summed E-state index contributed by atoms with van der Waals surface area (Å²) in [5.74, 6) is -1.14. The largest absolute Gasteiger partial charge is 0.407 e. The maximum Gasteiger partial charge on any atom is 0.407 e. The molecule has 1 aliphatic carbocycles. The molecule has 1 aromatic rings. The summed E-state index contributed by atoms with van der Waals surface area (Å²) in [6.45, 7) is -0.747. The highest BCUT2D eigenvalue weighted by atomic mass is 35.5. The van der Waals surface area contributed by atoms with Crippen LogP contribution in [0.5, 0.6) is 0 Å². The summed E-state index contributed by atoms with van der Waals surface area (Å²) in [6.07, 6.45) is -5.48. The Balaban J connectivity index is 2.40. The SMILES string of the molecule is O=S(=O)(NC1(C(F)(F)F)CC1)c1cc(F)c(Cl)c(CO)c1. The first-order valence-electron chi connectivity index (χ1n) is 5.72. The van der Waals surface area contributed by atoms with E-state index in [1.165, 1.54) is 0 Å². The molecule has 0 heterocycles. The number of benzene rings is 1. The van der Waals surface area contributed by atoms with E-state index in [4.69, 9.17) is 16.7 Å². The Labute approximate surface area is 122 Å². The van der Waals surface area contributed by atoms with Gasteiger partial charge < -0.3 is 5.11 Å². The van der Waals surface area contributed by atoms with E-state index >= 15 is 0 Å². The summed E-state index contributed by atoms with van der Waals surface area (Å²) in [4.78, 5) is -0.719. The van der Waals surface area contributed by atoms with Crippen molar-refractivity contribution in [1.82, 2.24) is 4.72 Å². The van der Waals surface area contributed by atoms with Gasteiger partial charge >= 0.3 is 6.18 Å². The molecule has 0 amide bonds. The number of hydrogen-bond acceptors (Lipinski definition) is 3. The van der Waals surface area contributed by atoms with E-state index in [2.05, 4.69) is 0 Å². The maximum atomic E-state index is 13.5. The second-order valence-corrected chi connectivity index (χ2v) is 6.78. The van der Waals surface area contributed by atoms with E-state index in [-0.39, 0.29) is 18.4 Å². The van der Waals surface area contributed by atoms with Crippen molar-refractivity contribution in [3.63, 3.8) is 0 Å². The van der Waals surface area contributed by atoms with Gasteiger partial charge in [0.15, 0.2) is 0 Å². The molecule has 2 rings (SSSR count). The number of nitrogens with one attached hydrogen (secondary N) is 1. The Morgan fingerprint density at radius 2 is 1.90 bits per heavy atom. The molecule has 2 N–H and O–H groups in total. The molecule has 1 fully saturated rings. The maximum absolute atomic E-state index is 13.5. The number of sulfonamides is 1. The lowest BCUT2D eigenvalue weighted by molar-refractivity contribution is -0.160. The van der Waals surface area contributed by atoms with E-state index in [1.54, 1.807) is 4.72 Å². The topological polar surface area (TPSA) is 66.4 Å². The van der Waals surface area contributed by atoms with E-state index < -0.39 is 44.1 Å². The van der Waals surface area contributed by atoms with Crippen LogP contribution >= 0.6 is 11.6 Å². The predicted octanol–water partition coefficient (Wildman–Crippen LogP) is 2.34. The fourth-order valence-electron chi connectivity index (χ4n) is 1.77. The van der Waals surface area contributed by atoms with Gasteiger partial charge in [-0.1, -0.05) is 11.6 Å². The van der Waals surface area contributed by atoms with E-state index in [1.807, 2.05) is 0 Å². The van der Waals surface area contributed by atoms with Gasteiger partial charge in [-0.2, -0.15) is 17.9 Å². The third-order valence-corrected chi connectivity index (χ3v) is 5.12. The van der Waals surface area contributed by atoms with Crippen LogP contribution in [0, 0.1) is 5.82 Å². The highest BCUT2D eigenvalue weighted by molar-refractivity contribution is 7.89. The van der Waals surface area contributed by atoms with Crippen LogP contribution < -0.4 is 4.72 Å². The van der Waals surface area contributed by atoms with Crippen molar-refractivity contribution in [3.05, 3.63) is 28.5 Å². The van der Waals surface area contributed by atoms with E-state index in [0.29, 0.717) is 6.07 Å². The molecule has 0 saturated heterocycles. The van der Waals surface area contributed by atoms with Gasteiger partial charge in [-0.05, 0) is 25.0 Å². The average Bonchev–Trinajstić information content (AvgIpc) is 3.12. The van der Waals surface area contributed by atoms with Gasteiger partial charge in [0, 0.05) is 5.56 Å². The first-order chi connectivity index (χ1) is 9.52. The van der Waals surface area contributed by atoms with Crippen LogP contribution in [0.3, 0.4) is 0 Å². The zero-order valence-electron chi connectivity index (χ0n) is 10.3. The van der Waals surface area contributed by atoms with Crippen molar-refractivity contribution >= 4 is 21.6 Å². The lowest BCUT2D eigenvalue weighted by atomic mass is 10.2. The standard InChI is InChI=1S/C11H10ClF4NO3S/c12-9-6(5-18)3-7(4-8(9)13)21(19,20)17-10(1-2-10)11(14,15)16/h3-4,17-18H,1-2,5H2. The van der Waals surface area contributed by atoms with Crippen molar-refractivity contribution in [2.75, 3.05) is 0 Å². The fraction of sp³-hybridized carbons (Fsp3) is 0.455. The summed E-state index contributed by atoms with van der Waals surface area (Å²) < 4.78 is 77.3. The van der Waals surface area contributed by atoms with Crippen molar-refractivity contribution in [2.45, 2.75) is 36.1 Å². The third kappa shape index (κ3) is 3.01. The van der Waals surface area contributed by atoms with Crippen LogP contribution in [0.4, 0.5) is 17.6 Å². The quantitative estimate of drug-likeness (QED) is 0.822. The number of halogens is 5. The Hall–Kier alpha value is -0.900. The molecule has 0 atom stereocenters. The van der Waals surface area contributed by atoms with Crippen LogP contribution in [0.25, 0.3) is 0 Å². The first kappa shape index (κ1) is 16.5. The number of hydrogen-bond donors (Lipinski definition) is 2. The molecule has 0 aromatic heterocycles. The molecule has 118 valence electrons. The molecular formula is C11H10ClF4NO3S. The van der Waals surface area contributed by atoms with Gasteiger partial charge in [-0.3, -0.25) is 0 Å². The molecule has 1 saturated carbocycles. The van der Waals surface area contributed by atoms with Gasteiger partial charge in [0.1, 0.15) is 11.4 Å². The zero-order chi connectivity index (χ0) is 16.1. The number of rotatable bonds is 4.